The SMILES string of the molecule is CS(=O)(=O)N[C@H]1CO[C@H]2[C@@H]1OC[C@@H]2Nc1nccc(-c2ccccc2)n1. The van der Waals surface area contributed by atoms with Gasteiger partial charge < -0.3 is 14.8 Å². The van der Waals surface area contributed by atoms with Gasteiger partial charge in [0, 0.05) is 11.8 Å². The summed E-state index contributed by atoms with van der Waals surface area (Å²) in [7, 11) is -3.31. The highest BCUT2D eigenvalue weighted by molar-refractivity contribution is 7.88. The van der Waals surface area contributed by atoms with Crippen molar-refractivity contribution in [2.24, 2.45) is 0 Å². The summed E-state index contributed by atoms with van der Waals surface area (Å²) in [6.07, 6.45) is 2.26. The zero-order valence-electron chi connectivity index (χ0n) is 14.2. The molecule has 0 saturated carbocycles. The van der Waals surface area contributed by atoms with Crippen molar-refractivity contribution >= 4 is 16.0 Å². The summed E-state index contributed by atoms with van der Waals surface area (Å²) in [6.45, 7) is 0.682. The molecule has 9 heteroatoms. The van der Waals surface area contributed by atoms with Gasteiger partial charge in [-0.25, -0.2) is 23.1 Å². The van der Waals surface area contributed by atoms with Gasteiger partial charge >= 0.3 is 0 Å². The second-order valence-corrected chi connectivity index (χ2v) is 8.25. The minimum atomic E-state index is -3.31. The summed E-state index contributed by atoms with van der Waals surface area (Å²) in [4.78, 5) is 8.83. The van der Waals surface area contributed by atoms with E-state index in [1.807, 2.05) is 36.4 Å². The molecule has 4 rings (SSSR count). The largest absolute Gasteiger partial charge is 0.371 e. The number of sulfonamides is 1. The van der Waals surface area contributed by atoms with E-state index in [4.69, 9.17) is 9.47 Å². The highest BCUT2D eigenvalue weighted by atomic mass is 32.2. The molecule has 2 saturated heterocycles. The van der Waals surface area contributed by atoms with E-state index < -0.39 is 10.0 Å². The standard InChI is InChI=1S/C17H20N4O4S/c1-26(22,23)21-14-10-25-15-13(9-24-16(14)15)20-17-18-8-7-12(19-17)11-5-3-2-4-6-11/h2-8,13-16,21H,9-10H2,1H3,(H,18,19,20)/t13-,14-,15+,16+/m0/s1. The Labute approximate surface area is 152 Å². The minimum Gasteiger partial charge on any atom is -0.371 e. The van der Waals surface area contributed by atoms with E-state index >= 15 is 0 Å². The van der Waals surface area contributed by atoms with Crippen LogP contribution in [-0.2, 0) is 19.5 Å². The molecule has 4 atom stereocenters. The van der Waals surface area contributed by atoms with Gasteiger partial charge in [0.2, 0.25) is 16.0 Å². The van der Waals surface area contributed by atoms with Crippen molar-refractivity contribution in [1.29, 1.82) is 0 Å². The van der Waals surface area contributed by atoms with E-state index in [0.29, 0.717) is 12.6 Å². The fraction of sp³-hybridized carbons (Fsp3) is 0.412. The molecule has 0 bridgehead atoms. The Morgan fingerprint density at radius 2 is 1.73 bits per heavy atom. The third-order valence-corrected chi connectivity index (χ3v) is 5.19. The topological polar surface area (TPSA) is 102 Å². The number of aromatic nitrogens is 2. The first-order valence-electron chi connectivity index (χ1n) is 8.35. The molecule has 0 amide bonds. The molecule has 3 heterocycles. The number of nitrogens with one attached hydrogen (secondary N) is 2. The van der Waals surface area contributed by atoms with Crippen LogP contribution in [0.5, 0.6) is 0 Å². The number of hydrogen-bond acceptors (Lipinski definition) is 7. The second-order valence-electron chi connectivity index (χ2n) is 6.47. The third kappa shape index (κ3) is 3.70. The van der Waals surface area contributed by atoms with Crippen molar-refractivity contribution in [3.8, 4) is 11.3 Å². The van der Waals surface area contributed by atoms with Crippen molar-refractivity contribution < 1.29 is 17.9 Å². The Morgan fingerprint density at radius 1 is 1.04 bits per heavy atom. The summed E-state index contributed by atoms with van der Waals surface area (Å²) in [6, 6.07) is 11.2. The van der Waals surface area contributed by atoms with Gasteiger partial charge in [0.1, 0.15) is 12.2 Å². The monoisotopic (exact) mass is 376 g/mol. The maximum atomic E-state index is 11.5. The zero-order chi connectivity index (χ0) is 18.1. The minimum absolute atomic E-state index is 0.141. The van der Waals surface area contributed by atoms with E-state index in [-0.39, 0.29) is 30.9 Å². The van der Waals surface area contributed by atoms with Gasteiger partial charge in [0.15, 0.2) is 0 Å². The fourth-order valence-electron chi connectivity index (χ4n) is 3.36. The number of hydrogen-bond donors (Lipinski definition) is 2. The molecule has 1 aromatic heterocycles. The maximum Gasteiger partial charge on any atom is 0.223 e. The summed E-state index contributed by atoms with van der Waals surface area (Å²) in [5, 5.41) is 3.26. The molecule has 2 N–H and O–H groups in total. The predicted molar refractivity (Wildman–Crippen MR) is 96.1 cm³/mol. The lowest BCUT2D eigenvalue weighted by Gasteiger charge is -2.18. The summed E-state index contributed by atoms with van der Waals surface area (Å²) in [5.74, 6) is 0.490. The van der Waals surface area contributed by atoms with Crippen LogP contribution in [0.25, 0.3) is 11.3 Å². The second kappa shape index (κ2) is 6.92. The highest BCUT2D eigenvalue weighted by Crippen LogP contribution is 2.29. The van der Waals surface area contributed by atoms with E-state index in [9.17, 15) is 8.42 Å². The number of ether oxygens (including phenoxy) is 2. The quantitative estimate of drug-likeness (QED) is 0.789. The first-order valence-corrected chi connectivity index (χ1v) is 10.2. The number of rotatable bonds is 5. The summed E-state index contributed by atoms with van der Waals surface area (Å²) in [5.41, 5.74) is 1.83. The van der Waals surface area contributed by atoms with Gasteiger partial charge in [-0.2, -0.15) is 0 Å². The van der Waals surface area contributed by atoms with Crippen molar-refractivity contribution in [1.82, 2.24) is 14.7 Å². The average Bonchev–Trinajstić information content (AvgIpc) is 3.19. The molecule has 2 fully saturated rings. The normalized spacial score (nSPS) is 28.0. The first kappa shape index (κ1) is 17.3. The lowest BCUT2D eigenvalue weighted by Crippen LogP contribution is -2.44. The van der Waals surface area contributed by atoms with Crippen LogP contribution in [0.1, 0.15) is 0 Å². The molecule has 8 nitrogen and oxygen atoms in total. The molecule has 0 spiro atoms. The molecular weight excluding hydrogens is 356 g/mol. The van der Waals surface area contributed by atoms with Crippen molar-refractivity contribution in [3.63, 3.8) is 0 Å². The molecule has 0 unspecified atom stereocenters. The van der Waals surface area contributed by atoms with Crippen LogP contribution in [0.15, 0.2) is 42.6 Å². The number of nitrogens with zero attached hydrogens (tertiary/aromatic N) is 2. The Bertz CT molecular complexity index is 877. The molecule has 1 aromatic carbocycles. The van der Waals surface area contributed by atoms with Crippen LogP contribution in [0.2, 0.25) is 0 Å². The molecule has 0 aliphatic carbocycles. The predicted octanol–water partition coefficient (Wildman–Crippen LogP) is 0.640. The van der Waals surface area contributed by atoms with Crippen molar-refractivity contribution in [2.75, 3.05) is 24.8 Å². The van der Waals surface area contributed by atoms with E-state index in [1.165, 1.54) is 0 Å². The third-order valence-electron chi connectivity index (χ3n) is 4.46. The maximum absolute atomic E-state index is 11.5. The lowest BCUT2D eigenvalue weighted by atomic mass is 10.1. The average molecular weight is 376 g/mol. The first-order chi connectivity index (χ1) is 12.5. The Kier molecular flexibility index (Phi) is 4.62. The van der Waals surface area contributed by atoms with Crippen LogP contribution >= 0.6 is 0 Å². The van der Waals surface area contributed by atoms with E-state index in [2.05, 4.69) is 20.0 Å². The molecule has 0 radical (unpaired) electrons. The Balaban J connectivity index is 1.46. The smallest absolute Gasteiger partial charge is 0.223 e. The van der Waals surface area contributed by atoms with Crippen molar-refractivity contribution in [2.45, 2.75) is 24.3 Å². The van der Waals surface area contributed by atoms with Crippen LogP contribution in [-0.4, -0.2) is 62.1 Å². The van der Waals surface area contributed by atoms with E-state index in [0.717, 1.165) is 17.5 Å². The van der Waals surface area contributed by atoms with E-state index in [1.54, 1.807) is 6.20 Å². The Hall–Kier alpha value is -2.07. The van der Waals surface area contributed by atoms with Crippen molar-refractivity contribution in [3.05, 3.63) is 42.6 Å². The van der Waals surface area contributed by atoms with Gasteiger partial charge in [0.25, 0.3) is 0 Å². The summed E-state index contributed by atoms with van der Waals surface area (Å²) >= 11 is 0. The van der Waals surface area contributed by atoms with Gasteiger partial charge in [-0.05, 0) is 6.07 Å². The highest BCUT2D eigenvalue weighted by Gasteiger charge is 2.48. The van der Waals surface area contributed by atoms with Gasteiger partial charge in [-0.1, -0.05) is 30.3 Å². The lowest BCUT2D eigenvalue weighted by molar-refractivity contribution is 0.0690. The fourth-order valence-corrected chi connectivity index (χ4v) is 4.11. The molecule has 138 valence electrons. The van der Waals surface area contributed by atoms with Gasteiger partial charge in [-0.3, -0.25) is 0 Å². The number of fused-ring (bicyclic) bond motifs is 1. The molecule has 26 heavy (non-hydrogen) atoms. The zero-order valence-corrected chi connectivity index (χ0v) is 15.0. The molecule has 2 aromatic rings. The van der Waals surface area contributed by atoms with Gasteiger partial charge in [0.05, 0.1) is 37.2 Å². The number of anilines is 1. The Morgan fingerprint density at radius 3 is 2.46 bits per heavy atom. The van der Waals surface area contributed by atoms with Crippen LogP contribution in [0.3, 0.4) is 0 Å². The number of benzene rings is 1. The molecular formula is C17H20N4O4S. The van der Waals surface area contributed by atoms with Crippen LogP contribution in [0.4, 0.5) is 5.95 Å². The van der Waals surface area contributed by atoms with Crippen LogP contribution < -0.4 is 10.0 Å². The van der Waals surface area contributed by atoms with Crippen LogP contribution in [0, 0.1) is 0 Å². The molecule has 2 aliphatic rings. The molecule has 2 aliphatic heterocycles. The van der Waals surface area contributed by atoms with Gasteiger partial charge in [-0.15, -0.1) is 0 Å². The summed E-state index contributed by atoms with van der Waals surface area (Å²) < 4.78 is 37.0.